The summed E-state index contributed by atoms with van der Waals surface area (Å²) in [6.45, 7) is 3.44. The second kappa shape index (κ2) is 6.42. The molecule has 4 nitrogen and oxygen atoms in total. The van der Waals surface area contributed by atoms with E-state index in [9.17, 15) is 18.0 Å². The highest BCUT2D eigenvalue weighted by atomic mass is 35.5. The zero-order valence-electron chi connectivity index (χ0n) is 15.5. The Hall–Kier alpha value is -1.67. The van der Waals surface area contributed by atoms with Gasteiger partial charge in [-0.25, -0.2) is 0 Å². The molecule has 0 spiro atoms. The third-order valence-electron chi connectivity index (χ3n) is 5.13. The minimum atomic E-state index is -4.56. The molecule has 1 aliphatic heterocycles. The van der Waals surface area contributed by atoms with Crippen LogP contribution >= 0.6 is 23.4 Å². The molecule has 28 heavy (non-hydrogen) atoms. The Bertz CT molecular complexity index is 966. The van der Waals surface area contributed by atoms with E-state index in [0.717, 1.165) is 24.6 Å². The first-order valence-corrected chi connectivity index (χ1v) is 10.2. The largest absolute Gasteiger partial charge is 0.416 e. The first-order chi connectivity index (χ1) is 13.0. The number of aromatic nitrogens is 2. The number of aryl methyl sites for hydroxylation is 1. The minimum Gasteiger partial charge on any atom is -0.309 e. The van der Waals surface area contributed by atoms with Crippen molar-refractivity contribution in [1.29, 1.82) is 0 Å². The van der Waals surface area contributed by atoms with Gasteiger partial charge in [0.2, 0.25) is 5.91 Å². The monoisotopic (exact) mass is 429 g/mol. The van der Waals surface area contributed by atoms with Crippen molar-refractivity contribution in [3.05, 3.63) is 45.6 Å². The van der Waals surface area contributed by atoms with E-state index in [1.165, 1.54) is 23.9 Å². The molecule has 2 heterocycles. The average molecular weight is 430 g/mol. The van der Waals surface area contributed by atoms with Crippen molar-refractivity contribution >= 4 is 35.1 Å². The first-order valence-electron chi connectivity index (χ1n) is 8.91. The summed E-state index contributed by atoms with van der Waals surface area (Å²) < 4.78 is 42.2. The molecule has 0 saturated heterocycles. The number of hydrogen-bond acceptors (Lipinski definition) is 3. The molecule has 1 N–H and O–H groups in total. The summed E-state index contributed by atoms with van der Waals surface area (Å²) in [7, 11) is 1.71. The Labute approximate surface area is 169 Å². The summed E-state index contributed by atoms with van der Waals surface area (Å²) in [4.78, 5) is 12.7. The van der Waals surface area contributed by atoms with Crippen molar-refractivity contribution in [2.24, 2.45) is 7.05 Å². The molecule has 1 aromatic carbocycles. The molecular formula is C19H19ClF3N3OS. The van der Waals surface area contributed by atoms with Crippen LogP contribution in [0.1, 0.15) is 60.2 Å². The Morgan fingerprint density at radius 3 is 2.61 bits per heavy atom. The van der Waals surface area contributed by atoms with Crippen LogP contribution in [-0.2, 0) is 18.0 Å². The molecule has 9 heteroatoms. The molecule has 2 aromatic rings. The van der Waals surface area contributed by atoms with Gasteiger partial charge in [0, 0.05) is 23.6 Å². The molecule has 1 amide bonds. The summed E-state index contributed by atoms with van der Waals surface area (Å²) >= 11 is 7.09. The van der Waals surface area contributed by atoms with Crippen LogP contribution in [0.3, 0.4) is 0 Å². The minimum absolute atomic E-state index is 0.0250. The van der Waals surface area contributed by atoms with Crippen LogP contribution in [0.4, 0.5) is 19.0 Å². The van der Waals surface area contributed by atoms with E-state index in [1.807, 2.05) is 0 Å². The molecule has 2 aliphatic rings. The number of benzene rings is 1. The molecule has 1 aliphatic carbocycles. The van der Waals surface area contributed by atoms with Crippen LogP contribution in [0.25, 0.3) is 0 Å². The Morgan fingerprint density at radius 2 is 2.00 bits per heavy atom. The predicted octanol–water partition coefficient (Wildman–Crippen LogP) is 5.52. The van der Waals surface area contributed by atoms with E-state index in [-0.39, 0.29) is 22.4 Å². The third kappa shape index (κ3) is 3.30. The fraction of sp³-hybridized carbons (Fsp3) is 0.474. The van der Waals surface area contributed by atoms with Gasteiger partial charge < -0.3 is 5.32 Å². The van der Waals surface area contributed by atoms with Gasteiger partial charge in [0.05, 0.1) is 21.3 Å². The number of thioether (sulfide) groups is 1. The summed E-state index contributed by atoms with van der Waals surface area (Å²) in [5, 5.41) is 6.76. The summed E-state index contributed by atoms with van der Waals surface area (Å²) in [6.07, 6.45) is -2.66. The van der Waals surface area contributed by atoms with Crippen LogP contribution in [0.5, 0.6) is 0 Å². The summed E-state index contributed by atoms with van der Waals surface area (Å²) in [6, 6.07) is 3.84. The smallest absolute Gasteiger partial charge is 0.309 e. The maximum Gasteiger partial charge on any atom is 0.416 e. The number of amides is 1. The average Bonchev–Trinajstić information content (AvgIpc) is 3.38. The molecule has 1 aromatic heterocycles. The fourth-order valence-electron chi connectivity index (χ4n) is 3.51. The number of rotatable bonds is 2. The summed E-state index contributed by atoms with van der Waals surface area (Å²) in [5.41, 5.74) is 0.764. The topological polar surface area (TPSA) is 46.9 Å². The number of nitrogens with one attached hydrogen (secondary N) is 1. The first kappa shape index (κ1) is 19.6. The van der Waals surface area contributed by atoms with Gasteiger partial charge in [-0.05, 0) is 44.4 Å². The van der Waals surface area contributed by atoms with Crippen molar-refractivity contribution in [3.8, 4) is 0 Å². The van der Waals surface area contributed by atoms with Gasteiger partial charge in [-0.3, -0.25) is 9.48 Å². The van der Waals surface area contributed by atoms with Crippen LogP contribution in [-0.4, -0.2) is 20.4 Å². The van der Waals surface area contributed by atoms with E-state index in [4.69, 9.17) is 11.6 Å². The highest BCUT2D eigenvalue weighted by Crippen LogP contribution is 2.55. The molecule has 1 fully saturated rings. The van der Waals surface area contributed by atoms with E-state index in [1.54, 1.807) is 25.6 Å². The van der Waals surface area contributed by atoms with Gasteiger partial charge in [-0.2, -0.15) is 18.3 Å². The van der Waals surface area contributed by atoms with Crippen molar-refractivity contribution in [2.75, 3.05) is 5.32 Å². The Balaban J connectivity index is 1.98. The van der Waals surface area contributed by atoms with E-state index in [2.05, 4.69) is 10.4 Å². The lowest BCUT2D eigenvalue weighted by atomic mass is 9.97. The zero-order valence-corrected chi connectivity index (χ0v) is 17.1. The number of alkyl halides is 3. The lowest BCUT2D eigenvalue weighted by Crippen LogP contribution is -2.33. The molecular weight excluding hydrogens is 411 g/mol. The van der Waals surface area contributed by atoms with E-state index >= 15 is 0 Å². The maximum absolute atomic E-state index is 13.8. The number of carbonyl (C=O) groups excluding carboxylic acids is 1. The molecule has 150 valence electrons. The van der Waals surface area contributed by atoms with Crippen LogP contribution in [0.2, 0.25) is 5.02 Å². The lowest BCUT2D eigenvalue weighted by Gasteiger charge is -2.27. The van der Waals surface area contributed by atoms with Crippen molar-refractivity contribution in [3.63, 3.8) is 0 Å². The van der Waals surface area contributed by atoms with Gasteiger partial charge in [0.1, 0.15) is 5.82 Å². The van der Waals surface area contributed by atoms with Crippen LogP contribution < -0.4 is 5.32 Å². The van der Waals surface area contributed by atoms with Crippen LogP contribution in [0.15, 0.2) is 18.2 Å². The number of carbonyl (C=O) groups is 1. The molecule has 1 unspecified atom stereocenters. The molecule has 0 radical (unpaired) electrons. The van der Waals surface area contributed by atoms with Gasteiger partial charge in [0.25, 0.3) is 0 Å². The van der Waals surface area contributed by atoms with Crippen LogP contribution in [0, 0.1) is 0 Å². The zero-order chi connectivity index (χ0) is 20.4. The summed E-state index contributed by atoms with van der Waals surface area (Å²) in [5.74, 6) is 0.435. The fourth-order valence-corrected chi connectivity index (χ4v) is 5.12. The normalized spacial score (nSPS) is 21.8. The number of hydrogen-bond donors (Lipinski definition) is 1. The number of nitrogens with zero attached hydrogens (tertiary/aromatic N) is 2. The standard InChI is InChI=1S/C19H19ClF3N3OS/c1-18(2)17(27)24-16-13(14(9-4-5-9)25-26(16)3)15(28-18)11-7-6-10(20)8-12(11)19(21,22)23/h6-9,15H,4-5H2,1-3H3,(H,24,27). The van der Waals surface area contributed by atoms with Gasteiger partial charge >= 0.3 is 6.18 Å². The number of fused-ring (bicyclic) bond motifs is 1. The SMILES string of the molecule is Cn1nc(C2CC2)c2c1NC(=O)C(C)(C)SC2c1ccc(Cl)cc1C(F)(F)F. The third-order valence-corrected chi connectivity index (χ3v) is 6.87. The highest BCUT2D eigenvalue weighted by molar-refractivity contribution is 8.01. The van der Waals surface area contributed by atoms with E-state index in [0.29, 0.717) is 11.4 Å². The number of anilines is 1. The van der Waals surface area contributed by atoms with Crippen molar-refractivity contribution in [2.45, 2.75) is 48.8 Å². The Morgan fingerprint density at radius 1 is 1.32 bits per heavy atom. The quantitative estimate of drug-likeness (QED) is 0.683. The molecule has 1 atom stereocenters. The lowest BCUT2D eigenvalue weighted by molar-refractivity contribution is -0.138. The molecule has 1 saturated carbocycles. The highest BCUT2D eigenvalue weighted by Gasteiger charge is 2.45. The van der Waals surface area contributed by atoms with Crippen molar-refractivity contribution < 1.29 is 18.0 Å². The predicted molar refractivity (Wildman–Crippen MR) is 104 cm³/mol. The van der Waals surface area contributed by atoms with Crippen molar-refractivity contribution in [1.82, 2.24) is 9.78 Å². The van der Waals surface area contributed by atoms with Gasteiger partial charge in [-0.1, -0.05) is 17.7 Å². The Kier molecular flexibility index (Phi) is 4.50. The molecule has 4 rings (SSSR count). The second-order valence-corrected chi connectivity index (χ2v) is 9.90. The van der Waals surface area contributed by atoms with Gasteiger partial charge in [-0.15, -0.1) is 11.8 Å². The maximum atomic E-state index is 13.8. The van der Waals surface area contributed by atoms with E-state index < -0.39 is 21.7 Å². The second-order valence-electron chi connectivity index (χ2n) is 7.74. The number of halogens is 4. The molecule has 0 bridgehead atoms. The van der Waals surface area contributed by atoms with Gasteiger partial charge in [0.15, 0.2) is 0 Å².